The number of carbonyl (C=O) groups is 3. The van der Waals surface area contributed by atoms with Crippen LogP contribution >= 0.6 is 0 Å². The number of carbonyl (C=O) groups excluding carboxylic acids is 3. The summed E-state index contributed by atoms with van der Waals surface area (Å²) in [6, 6.07) is 11.3. The van der Waals surface area contributed by atoms with Crippen LogP contribution in [0.4, 0.5) is 0 Å². The summed E-state index contributed by atoms with van der Waals surface area (Å²) in [5.41, 5.74) is -4.60. The van der Waals surface area contributed by atoms with Gasteiger partial charge in [0.25, 0.3) is 0 Å². The Kier molecular flexibility index (Phi) is 9.78. The molecule has 6 rings (SSSR count). The first-order chi connectivity index (χ1) is 23.9. The number of Topliss-reactive ketones (excluding diaryl/α,β-unsaturated/α-hetero) is 1. The second-order valence-corrected chi connectivity index (χ2v) is 21.5. The molecule has 2 aliphatic heterocycles. The summed E-state index contributed by atoms with van der Waals surface area (Å²) in [6.07, 6.45) is -2.40. The lowest BCUT2D eigenvalue weighted by molar-refractivity contribution is -0.358. The molecule has 1 N–H and O–H groups in total. The summed E-state index contributed by atoms with van der Waals surface area (Å²) >= 11 is 0. The topological polar surface area (TPSA) is 127 Å². The van der Waals surface area contributed by atoms with Crippen molar-refractivity contribution in [2.45, 2.75) is 154 Å². The fourth-order valence-corrected chi connectivity index (χ4v) is 13.1. The minimum atomic E-state index is -2.34. The Balaban J connectivity index is 1.70. The van der Waals surface area contributed by atoms with E-state index in [0.29, 0.717) is 29.7 Å². The SMILES string of the molecule is CCCC(=O)O[C@@]12CO[C@@H]1C[C@H](O[Si](CC)(CC)CC)[C@@]1(C)[C@@H]3OC(C)(C)O/C3=C3\C(C)C(=O)C[C@@](O)([C@@H](OC(=O)c4ccccc4)[C@H]21)C3(C)C. The third-order valence-electron chi connectivity index (χ3n) is 13.4. The molecule has 11 heteroatoms. The summed E-state index contributed by atoms with van der Waals surface area (Å²) in [7, 11) is -2.34. The van der Waals surface area contributed by atoms with Gasteiger partial charge in [-0.3, -0.25) is 9.59 Å². The normalized spacial score (nSPS) is 39.2. The molecule has 1 aromatic rings. The molecule has 3 aliphatic carbocycles. The second kappa shape index (κ2) is 13.1. The van der Waals surface area contributed by atoms with E-state index in [1.807, 2.05) is 47.6 Å². The molecule has 1 unspecified atom stereocenters. The monoisotopic (exact) mass is 726 g/mol. The van der Waals surface area contributed by atoms with E-state index in [4.69, 9.17) is 28.1 Å². The predicted octanol–water partition coefficient (Wildman–Crippen LogP) is 6.89. The molecular weight excluding hydrogens is 669 g/mol. The molecule has 9 atom stereocenters. The van der Waals surface area contributed by atoms with E-state index in [-0.39, 0.29) is 25.2 Å². The average molecular weight is 727 g/mol. The number of rotatable bonds is 10. The van der Waals surface area contributed by atoms with Gasteiger partial charge in [0.1, 0.15) is 35.5 Å². The predicted molar refractivity (Wildman–Crippen MR) is 192 cm³/mol. The number of hydrogen-bond donors (Lipinski definition) is 1. The number of aliphatic hydroxyl groups is 1. The van der Waals surface area contributed by atoms with Crippen LogP contribution in [-0.4, -0.2) is 79.2 Å². The smallest absolute Gasteiger partial charge is 0.338 e. The Hall–Kier alpha value is -2.57. The van der Waals surface area contributed by atoms with Gasteiger partial charge in [0.05, 0.1) is 24.2 Å². The highest BCUT2D eigenvalue weighted by molar-refractivity contribution is 6.73. The lowest BCUT2D eigenvalue weighted by atomic mass is 9.44. The van der Waals surface area contributed by atoms with E-state index < -0.39 is 84.3 Å². The van der Waals surface area contributed by atoms with E-state index in [1.165, 1.54) is 0 Å². The lowest BCUT2D eigenvalue weighted by Crippen LogP contribution is -2.82. The molecule has 2 saturated heterocycles. The van der Waals surface area contributed by atoms with Crippen LogP contribution in [0.15, 0.2) is 41.7 Å². The van der Waals surface area contributed by atoms with Gasteiger partial charge in [-0.25, -0.2) is 4.79 Å². The Morgan fingerprint density at radius 1 is 1.00 bits per heavy atom. The molecule has 2 bridgehead atoms. The highest BCUT2D eigenvalue weighted by Crippen LogP contribution is 2.68. The van der Waals surface area contributed by atoms with Crippen molar-refractivity contribution in [1.82, 2.24) is 0 Å². The van der Waals surface area contributed by atoms with Gasteiger partial charge in [0.2, 0.25) is 5.79 Å². The van der Waals surface area contributed by atoms with E-state index in [1.54, 1.807) is 24.3 Å². The number of fused-ring (bicyclic) bond motifs is 7. The number of ketones is 1. The molecule has 10 nitrogen and oxygen atoms in total. The molecule has 0 aromatic heterocycles. The third-order valence-corrected chi connectivity index (χ3v) is 18.1. The van der Waals surface area contributed by atoms with Gasteiger partial charge in [0, 0.05) is 49.9 Å². The lowest BCUT2D eigenvalue weighted by Gasteiger charge is -2.69. The molecule has 2 heterocycles. The molecule has 0 amide bonds. The third kappa shape index (κ3) is 5.67. The van der Waals surface area contributed by atoms with Gasteiger partial charge in [-0.05, 0) is 42.3 Å². The van der Waals surface area contributed by atoms with Crippen molar-refractivity contribution in [3.63, 3.8) is 0 Å². The molecule has 0 spiro atoms. The first-order valence-electron chi connectivity index (χ1n) is 19.0. The van der Waals surface area contributed by atoms with Crippen LogP contribution in [0.2, 0.25) is 18.1 Å². The maximum atomic E-state index is 14.3. The van der Waals surface area contributed by atoms with Crippen molar-refractivity contribution in [2.75, 3.05) is 6.61 Å². The average Bonchev–Trinajstić information content (AvgIpc) is 3.40. The first kappa shape index (κ1) is 38.2. The molecule has 2 saturated carbocycles. The number of hydrogen-bond acceptors (Lipinski definition) is 10. The Labute approximate surface area is 304 Å². The van der Waals surface area contributed by atoms with Crippen molar-refractivity contribution in [3.8, 4) is 0 Å². The zero-order valence-electron chi connectivity index (χ0n) is 32.1. The van der Waals surface area contributed by atoms with Crippen molar-refractivity contribution >= 4 is 26.0 Å². The van der Waals surface area contributed by atoms with Crippen molar-refractivity contribution in [1.29, 1.82) is 0 Å². The molecule has 51 heavy (non-hydrogen) atoms. The molecule has 4 fully saturated rings. The molecule has 282 valence electrons. The Bertz CT molecular complexity index is 1560. The summed E-state index contributed by atoms with van der Waals surface area (Å²) in [5.74, 6) is -3.39. The molecule has 0 radical (unpaired) electrons. The quantitative estimate of drug-likeness (QED) is 0.201. The Morgan fingerprint density at radius 2 is 1.65 bits per heavy atom. The Morgan fingerprint density at radius 3 is 2.22 bits per heavy atom. The van der Waals surface area contributed by atoms with Crippen LogP contribution in [-0.2, 0) is 37.7 Å². The first-order valence-corrected chi connectivity index (χ1v) is 21.6. The highest BCUT2D eigenvalue weighted by Gasteiger charge is 2.79. The largest absolute Gasteiger partial charge is 0.465 e. The van der Waals surface area contributed by atoms with Gasteiger partial charge in [-0.1, -0.05) is 73.6 Å². The summed E-state index contributed by atoms with van der Waals surface area (Å²) in [5, 5.41) is 13.5. The van der Waals surface area contributed by atoms with E-state index in [9.17, 15) is 19.5 Å². The van der Waals surface area contributed by atoms with E-state index in [2.05, 4.69) is 27.7 Å². The van der Waals surface area contributed by atoms with Crippen LogP contribution < -0.4 is 0 Å². The van der Waals surface area contributed by atoms with Crippen LogP contribution in [0.25, 0.3) is 0 Å². The number of ether oxygens (including phenoxy) is 5. The zero-order chi connectivity index (χ0) is 37.4. The standard InChI is InChI=1S/C40H58O10Si/c1-11-18-29(42)47-39-23-45-28(39)21-27(50-51(12-2,13-3)14-4)38(10)32(39)34(46-35(43)25-19-16-15-17-20-25)40(44)22-26(41)24(5)30(36(40,6)7)31-33(38)49-37(8,9)48-31/h15-17,19-20,24,27-28,32-34,44H,11-14,18,21-23H2,1-10H3/b31-30+/t24?,27-,28+,32-,33+,34-,38+,39-,40+/m0/s1. The van der Waals surface area contributed by atoms with Gasteiger partial charge in [-0.15, -0.1) is 0 Å². The van der Waals surface area contributed by atoms with Crippen molar-refractivity contribution in [2.24, 2.45) is 22.7 Å². The van der Waals surface area contributed by atoms with Crippen molar-refractivity contribution < 1.29 is 47.6 Å². The van der Waals surface area contributed by atoms with Crippen molar-refractivity contribution in [3.05, 3.63) is 47.2 Å². The second-order valence-electron chi connectivity index (χ2n) is 16.8. The van der Waals surface area contributed by atoms with E-state index in [0.717, 1.165) is 18.1 Å². The zero-order valence-corrected chi connectivity index (χ0v) is 33.1. The van der Waals surface area contributed by atoms with Crippen LogP contribution in [0.5, 0.6) is 0 Å². The maximum Gasteiger partial charge on any atom is 0.338 e. The number of benzene rings is 1. The molecule has 1 aromatic carbocycles. The summed E-state index contributed by atoms with van der Waals surface area (Å²) < 4.78 is 40.9. The fourth-order valence-electron chi connectivity index (χ4n) is 10.2. The van der Waals surface area contributed by atoms with Gasteiger partial charge >= 0.3 is 11.9 Å². The van der Waals surface area contributed by atoms with Gasteiger partial charge in [-0.2, -0.15) is 0 Å². The van der Waals surface area contributed by atoms with Gasteiger partial charge < -0.3 is 33.2 Å². The summed E-state index contributed by atoms with van der Waals surface area (Å²) in [4.78, 5) is 42.2. The van der Waals surface area contributed by atoms with Crippen LogP contribution in [0.1, 0.15) is 105 Å². The summed E-state index contributed by atoms with van der Waals surface area (Å²) in [6.45, 7) is 19.9. The number of esters is 2. The fraction of sp³-hybridized carbons (Fsp3) is 0.725. The molecular formula is C40H58O10Si. The van der Waals surface area contributed by atoms with Gasteiger partial charge in [0.15, 0.2) is 13.9 Å². The van der Waals surface area contributed by atoms with Crippen LogP contribution in [0.3, 0.4) is 0 Å². The van der Waals surface area contributed by atoms with Crippen LogP contribution in [0, 0.1) is 22.7 Å². The van der Waals surface area contributed by atoms with E-state index >= 15 is 0 Å². The molecule has 5 aliphatic rings. The minimum Gasteiger partial charge on any atom is -0.465 e. The minimum absolute atomic E-state index is 0.0289. The maximum absolute atomic E-state index is 14.3. The highest BCUT2D eigenvalue weighted by atomic mass is 28.4.